The van der Waals surface area contributed by atoms with Crippen LogP contribution in [0.15, 0.2) is 41.7 Å². The van der Waals surface area contributed by atoms with Gasteiger partial charge in [-0.1, -0.05) is 42.1 Å². The maximum atomic E-state index is 10.1. The molecule has 2 aromatic heterocycles. The van der Waals surface area contributed by atoms with Crippen LogP contribution in [-0.4, -0.2) is 79.8 Å². The second-order valence-corrected chi connectivity index (χ2v) is 11.3. The van der Waals surface area contributed by atoms with Crippen LogP contribution in [0.25, 0.3) is 11.0 Å². The highest BCUT2D eigenvalue weighted by molar-refractivity contribution is 8.24. The highest BCUT2D eigenvalue weighted by Gasteiger charge is 2.27. The molecule has 0 bridgehead atoms. The standard InChI is InChI=1S/C21H27N7O2S2/c29-32(30)12-10-27(11-13-32)19-17-18(25-21(26-19)28-8-6-22-7-9-28)20(24-15-23-17)31-14-16-4-2-1-3-5-16/h1-5,15,22,29-30H,6-14H2. The molecule has 1 aromatic carbocycles. The molecule has 2 saturated heterocycles. The van der Waals surface area contributed by atoms with Crippen molar-refractivity contribution in [3.05, 3.63) is 42.2 Å². The van der Waals surface area contributed by atoms with Crippen LogP contribution in [-0.2, 0) is 5.75 Å². The van der Waals surface area contributed by atoms with Crippen molar-refractivity contribution in [1.82, 2.24) is 25.3 Å². The third-order valence-corrected chi connectivity index (χ3v) is 8.43. The summed E-state index contributed by atoms with van der Waals surface area (Å²) in [5.74, 6) is 2.93. The average molecular weight is 474 g/mol. The van der Waals surface area contributed by atoms with Crippen LogP contribution < -0.4 is 15.1 Å². The molecule has 0 atom stereocenters. The van der Waals surface area contributed by atoms with E-state index in [1.807, 2.05) is 18.2 Å². The highest BCUT2D eigenvalue weighted by Crippen LogP contribution is 2.42. The third kappa shape index (κ3) is 4.76. The van der Waals surface area contributed by atoms with Gasteiger partial charge in [-0.05, 0) is 5.56 Å². The minimum atomic E-state index is -2.50. The summed E-state index contributed by atoms with van der Waals surface area (Å²) in [6, 6.07) is 10.3. The first-order valence-electron chi connectivity index (χ1n) is 10.7. The van der Waals surface area contributed by atoms with E-state index in [4.69, 9.17) is 9.97 Å². The summed E-state index contributed by atoms with van der Waals surface area (Å²) in [5, 5.41) is 4.20. The van der Waals surface area contributed by atoms with Gasteiger partial charge in [-0.3, -0.25) is 9.11 Å². The second-order valence-electron chi connectivity index (χ2n) is 7.93. The molecule has 11 heteroatoms. The van der Waals surface area contributed by atoms with Crippen LogP contribution in [0.2, 0.25) is 0 Å². The Labute approximate surface area is 193 Å². The molecule has 0 spiro atoms. The predicted octanol–water partition coefficient (Wildman–Crippen LogP) is 2.69. The van der Waals surface area contributed by atoms with E-state index in [9.17, 15) is 9.11 Å². The summed E-state index contributed by atoms with van der Waals surface area (Å²) in [7, 11) is -2.50. The van der Waals surface area contributed by atoms with Crippen LogP contribution in [0.1, 0.15) is 5.56 Å². The summed E-state index contributed by atoms with van der Waals surface area (Å²) in [6.45, 7) is 4.53. The van der Waals surface area contributed by atoms with E-state index in [1.54, 1.807) is 18.1 Å². The molecule has 5 rings (SSSR count). The van der Waals surface area contributed by atoms with Crippen LogP contribution in [0.5, 0.6) is 0 Å². The lowest BCUT2D eigenvalue weighted by Gasteiger charge is -2.41. The number of nitrogens with one attached hydrogen (secondary N) is 1. The summed E-state index contributed by atoms with van der Waals surface area (Å²) < 4.78 is 20.1. The van der Waals surface area contributed by atoms with Gasteiger partial charge in [-0.2, -0.15) is 15.6 Å². The van der Waals surface area contributed by atoms with E-state index >= 15 is 0 Å². The van der Waals surface area contributed by atoms with E-state index < -0.39 is 10.6 Å². The minimum absolute atomic E-state index is 0.349. The maximum absolute atomic E-state index is 10.1. The normalized spacial score (nSPS) is 19.8. The van der Waals surface area contributed by atoms with Crippen molar-refractivity contribution in [1.29, 1.82) is 0 Å². The van der Waals surface area contributed by atoms with E-state index in [2.05, 4.69) is 37.2 Å². The molecule has 32 heavy (non-hydrogen) atoms. The van der Waals surface area contributed by atoms with Crippen LogP contribution in [0.4, 0.5) is 11.8 Å². The lowest BCUT2D eigenvalue weighted by molar-refractivity contribution is 0.479. The number of anilines is 2. The molecule has 0 saturated carbocycles. The zero-order valence-corrected chi connectivity index (χ0v) is 19.4. The van der Waals surface area contributed by atoms with Gasteiger partial charge >= 0.3 is 0 Å². The molecule has 2 fully saturated rings. The molecule has 170 valence electrons. The van der Waals surface area contributed by atoms with Crippen molar-refractivity contribution in [3.8, 4) is 0 Å². The van der Waals surface area contributed by atoms with Gasteiger partial charge in [0, 0.05) is 45.0 Å². The Bertz CT molecular complexity index is 1070. The molecule has 4 heterocycles. The maximum Gasteiger partial charge on any atom is 0.228 e. The Kier molecular flexibility index (Phi) is 6.33. The summed E-state index contributed by atoms with van der Waals surface area (Å²) in [4.78, 5) is 23.2. The zero-order chi connectivity index (χ0) is 22.0. The number of aromatic nitrogens is 4. The van der Waals surface area contributed by atoms with E-state index in [1.165, 1.54) is 5.56 Å². The van der Waals surface area contributed by atoms with Gasteiger partial charge in [0.1, 0.15) is 22.4 Å². The molecule has 0 unspecified atom stereocenters. The molecule has 3 N–H and O–H groups in total. The highest BCUT2D eigenvalue weighted by atomic mass is 32.3. The Morgan fingerprint density at radius 1 is 0.906 bits per heavy atom. The number of nitrogens with zero attached hydrogens (tertiary/aromatic N) is 6. The van der Waals surface area contributed by atoms with Gasteiger partial charge in [0.25, 0.3) is 0 Å². The Hall–Kier alpha value is -2.18. The Morgan fingerprint density at radius 3 is 2.41 bits per heavy atom. The number of piperazine rings is 1. The second kappa shape index (κ2) is 9.36. The van der Waals surface area contributed by atoms with Crippen LogP contribution in [0, 0.1) is 0 Å². The fourth-order valence-electron chi connectivity index (χ4n) is 3.90. The lowest BCUT2D eigenvalue weighted by Crippen LogP contribution is -2.44. The molecule has 3 aromatic rings. The monoisotopic (exact) mass is 473 g/mol. The third-order valence-electron chi connectivity index (χ3n) is 5.71. The Morgan fingerprint density at radius 2 is 1.66 bits per heavy atom. The van der Waals surface area contributed by atoms with Gasteiger partial charge in [0.15, 0.2) is 5.82 Å². The van der Waals surface area contributed by atoms with Crippen molar-refractivity contribution in [3.63, 3.8) is 0 Å². The molecule has 9 nitrogen and oxygen atoms in total. The Balaban J connectivity index is 1.53. The molecular formula is C21H27N7O2S2. The first kappa shape index (κ1) is 21.7. The first-order chi connectivity index (χ1) is 15.6. The summed E-state index contributed by atoms with van der Waals surface area (Å²) in [5.41, 5.74) is 2.69. The van der Waals surface area contributed by atoms with E-state index in [0.29, 0.717) is 36.1 Å². The first-order valence-corrected chi connectivity index (χ1v) is 13.6. The van der Waals surface area contributed by atoms with E-state index in [0.717, 1.165) is 48.3 Å². The number of rotatable bonds is 5. The van der Waals surface area contributed by atoms with Gasteiger partial charge in [0.05, 0.1) is 11.5 Å². The van der Waals surface area contributed by atoms with Crippen molar-refractivity contribution < 1.29 is 9.11 Å². The average Bonchev–Trinajstić information content (AvgIpc) is 2.83. The van der Waals surface area contributed by atoms with Crippen molar-refractivity contribution in [2.75, 3.05) is 60.6 Å². The quantitative estimate of drug-likeness (QED) is 0.378. The zero-order valence-electron chi connectivity index (χ0n) is 17.7. The molecular weight excluding hydrogens is 446 g/mol. The number of fused-ring (bicyclic) bond motifs is 1. The minimum Gasteiger partial charge on any atom is -0.351 e. The lowest BCUT2D eigenvalue weighted by atomic mass is 10.2. The van der Waals surface area contributed by atoms with Gasteiger partial charge in [-0.25, -0.2) is 15.0 Å². The molecule has 2 aliphatic rings. The SMILES string of the molecule is OS1(O)CCN(c2nc(N3CCNCC3)nc3c(SCc4ccccc4)ncnc23)CC1. The van der Waals surface area contributed by atoms with Gasteiger partial charge < -0.3 is 15.1 Å². The number of hydrogen-bond acceptors (Lipinski definition) is 10. The van der Waals surface area contributed by atoms with Gasteiger partial charge in [0.2, 0.25) is 5.95 Å². The van der Waals surface area contributed by atoms with Crippen molar-refractivity contribution >= 4 is 45.2 Å². The summed E-state index contributed by atoms with van der Waals surface area (Å²) >= 11 is 1.65. The number of benzene rings is 1. The molecule has 0 amide bonds. The fourth-order valence-corrected chi connectivity index (χ4v) is 6.02. The predicted molar refractivity (Wildman–Crippen MR) is 131 cm³/mol. The van der Waals surface area contributed by atoms with Crippen molar-refractivity contribution in [2.45, 2.75) is 10.8 Å². The molecule has 0 radical (unpaired) electrons. The topological polar surface area (TPSA) is 111 Å². The molecule has 2 aliphatic heterocycles. The largest absolute Gasteiger partial charge is 0.351 e. The summed E-state index contributed by atoms with van der Waals surface area (Å²) in [6.07, 6.45) is 1.57. The van der Waals surface area contributed by atoms with Crippen LogP contribution in [0.3, 0.4) is 0 Å². The number of thioether (sulfide) groups is 1. The number of hydrogen-bond donors (Lipinski definition) is 3. The van der Waals surface area contributed by atoms with Gasteiger partial charge in [-0.15, -0.1) is 0 Å². The fraction of sp³-hybridized carbons (Fsp3) is 0.429. The smallest absolute Gasteiger partial charge is 0.228 e. The van der Waals surface area contributed by atoms with Crippen molar-refractivity contribution in [2.24, 2.45) is 0 Å². The van der Waals surface area contributed by atoms with Crippen LogP contribution >= 0.6 is 22.4 Å². The van der Waals surface area contributed by atoms with E-state index in [-0.39, 0.29) is 0 Å². The molecule has 0 aliphatic carbocycles.